The molecule has 0 radical (unpaired) electrons. The van der Waals surface area contributed by atoms with Gasteiger partial charge in [0.1, 0.15) is 19.0 Å². The lowest BCUT2D eigenvalue weighted by Gasteiger charge is -2.39. The van der Waals surface area contributed by atoms with Crippen LogP contribution in [-0.4, -0.2) is 88.2 Å². The van der Waals surface area contributed by atoms with E-state index in [9.17, 15) is 14.0 Å². The summed E-state index contributed by atoms with van der Waals surface area (Å²) in [5.74, 6) is 0.225. The van der Waals surface area contributed by atoms with Crippen molar-refractivity contribution >= 4 is 17.5 Å². The number of anilines is 1. The average molecular weight is 582 g/mol. The van der Waals surface area contributed by atoms with E-state index in [-0.39, 0.29) is 38.6 Å². The minimum Gasteiger partial charge on any atom is -0.489 e. The Morgan fingerprint density at radius 1 is 0.881 bits per heavy atom. The molecule has 2 N–H and O–H groups in total. The molecule has 1 heterocycles. The summed E-state index contributed by atoms with van der Waals surface area (Å²) >= 11 is 0. The summed E-state index contributed by atoms with van der Waals surface area (Å²) in [5.41, 5.74) is 7.16. The second-order valence-electron chi connectivity index (χ2n) is 10.2. The highest BCUT2D eigenvalue weighted by atomic mass is 19.1. The quantitative estimate of drug-likeness (QED) is 0.303. The van der Waals surface area contributed by atoms with E-state index in [1.807, 2.05) is 65.6 Å². The maximum absolute atomic E-state index is 13.4. The number of rotatable bonds is 16. The lowest BCUT2D eigenvalue weighted by Crippen LogP contribution is -2.51. The topological polar surface area (TPSA) is 104 Å². The van der Waals surface area contributed by atoms with Gasteiger partial charge < -0.3 is 34.5 Å². The number of allylic oxidation sites excluding steroid dienone is 2. The number of halogens is 1. The first-order valence-electron chi connectivity index (χ1n) is 14.3. The summed E-state index contributed by atoms with van der Waals surface area (Å²) in [6.07, 6.45) is 5.49. The molecule has 2 amide bonds. The molecule has 2 aliphatic rings. The second kappa shape index (κ2) is 16.1. The standard InChI is InChI=1S/C32H40FN3O6/c33-13-18-39-19-20-40-21-22-42-32(12-4-7-27(23-32)31(34)38)24-30(37)36-16-14-35(15-17-36)28-8-10-29(11-9-28)41-25-26-5-2-1-3-6-26/h1-12H,13-25H2,(H2,34,38). The maximum Gasteiger partial charge on any atom is 0.244 e. The molecule has 1 aliphatic carbocycles. The predicted molar refractivity (Wildman–Crippen MR) is 158 cm³/mol. The number of benzene rings is 2. The van der Waals surface area contributed by atoms with E-state index in [0.717, 1.165) is 17.0 Å². The Morgan fingerprint density at radius 3 is 2.26 bits per heavy atom. The van der Waals surface area contributed by atoms with E-state index in [2.05, 4.69) is 4.90 Å². The van der Waals surface area contributed by atoms with Gasteiger partial charge >= 0.3 is 0 Å². The van der Waals surface area contributed by atoms with Crippen LogP contribution in [0.4, 0.5) is 10.1 Å². The fourth-order valence-electron chi connectivity index (χ4n) is 4.98. The van der Waals surface area contributed by atoms with E-state index < -0.39 is 18.2 Å². The van der Waals surface area contributed by atoms with Gasteiger partial charge in [-0.05, 0) is 29.8 Å². The fraction of sp³-hybridized carbons (Fsp3) is 0.438. The fourth-order valence-corrected chi connectivity index (χ4v) is 4.98. The molecular formula is C32H40FN3O6. The van der Waals surface area contributed by atoms with Crippen LogP contribution in [-0.2, 0) is 30.4 Å². The predicted octanol–water partition coefficient (Wildman–Crippen LogP) is 3.43. The molecule has 1 aliphatic heterocycles. The number of carbonyl (C=O) groups is 2. The second-order valence-corrected chi connectivity index (χ2v) is 10.2. The Morgan fingerprint density at radius 2 is 1.57 bits per heavy atom. The maximum atomic E-state index is 13.4. The molecule has 9 nitrogen and oxygen atoms in total. The van der Waals surface area contributed by atoms with Crippen molar-refractivity contribution in [3.8, 4) is 5.75 Å². The summed E-state index contributed by atoms with van der Waals surface area (Å²) in [6.45, 7) is 3.66. The van der Waals surface area contributed by atoms with Gasteiger partial charge in [-0.3, -0.25) is 9.59 Å². The van der Waals surface area contributed by atoms with Gasteiger partial charge in [-0.15, -0.1) is 0 Å². The molecule has 2 aromatic rings. The molecule has 0 bridgehead atoms. The average Bonchev–Trinajstić information content (AvgIpc) is 3.02. The minimum absolute atomic E-state index is 0.0444. The number of piperazine rings is 1. The molecule has 0 aromatic heterocycles. The van der Waals surface area contributed by atoms with Gasteiger partial charge in [-0.25, -0.2) is 4.39 Å². The summed E-state index contributed by atoms with van der Waals surface area (Å²) < 4.78 is 34.7. The van der Waals surface area contributed by atoms with E-state index >= 15 is 0 Å². The molecule has 42 heavy (non-hydrogen) atoms. The number of nitrogens with two attached hydrogens (primary N) is 1. The molecule has 0 saturated carbocycles. The first-order valence-corrected chi connectivity index (χ1v) is 14.3. The van der Waals surface area contributed by atoms with Crippen LogP contribution >= 0.6 is 0 Å². The van der Waals surface area contributed by atoms with E-state index in [1.165, 1.54) is 0 Å². The molecule has 1 fully saturated rings. The van der Waals surface area contributed by atoms with Crippen molar-refractivity contribution in [1.29, 1.82) is 0 Å². The number of hydrogen-bond donors (Lipinski definition) is 1. The molecule has 1 unspecified atom stereocenters. The van der Waals surface area contributed by atoms with Crippen LogP contribution in [0.5, 0.6) is 5.75 Å². The number of hydrogen-bond acceptors (Lipinski definition) is 7. The normalized spacial score (nSPS) is 18.5. The molecule has 2 aromatic carbocycles. The zero-order chi connectivity index (χ0) is 29.6. The number of nitrogens with zero attached hydrogens (tertiary/aromatic N) is 2. The summed E-state index contributed by atoms with van der Waals surface area (Å²) in [6, 6.07) is 18.1. The van der Waals surface area contributed by atoms with Gasteiger partial charge in [-0.1, -0.05) is 48.6 Å². The highest BCUT2D eigenvalue weighted by molar-refractivity contribution is 5.93. The highest BCUT2D eigenvalue weighted by Crippen LogP contribution is 2.31. The van der Waals surface area contributed by atoms with Gasteiger partial charge in [0.05, 0.1) is 45.1 Å². The van der Waals surface area contributed by atoms with Gasteiger partial charge in [0, 0.05) is 43.9 Å². The number of carbonyl (C=O) groups excluding carboxylic acids is 2. The number of primary amides is 1. The largest absolute Gasteiger partial charge is 0.489 e. The molecular weight excluding hydrogens is 541 g/mol. The molecule has 226 valence electrons. The van der Waals surface area contributed by atoms with Crippen molar-refractivity contribution in [3.63, 3.8) is 0 Å². The molecule has 1 atom stereocenters. The number of amides is 2. The van der Waals surface area contributed by atoms with Crippen LogP contribution in [0.15, 0.2) is 78.4 Å². The Bertz CT molecular complexity index is 1200. The van der Waals surface area contributed by atoms with Crippen LogP contribution < -0.4 is 15.4 Å². The first-order chi connectivity index (χ1) is 20.5. The van der Waals surface area contributed by atoms with Crippen molar-refractivity contribution in [2.75, 3.05) is 70.8 Å². The zero-order valence-corrected chi connectivity index (χ0v) is 23.9. The highest BCUT2D eigenvalue weighted by Gasteiger charge is 2.37. The third-order valence-electron chi connectivity index (χ3n) is 7.25. The Labute approximate surface area is 246 Å². The third kappa shape index (κ3) is 9.40. The van der Waals surface area contributed by atoms with E-state index in [0.29, 0.717) is 51.6 Å². The van der Waals surface area contributed by atoms with Gasteiger partial charge in [0.2, 0.25) is 11.8 Å². The summed E-state index contributed by atoms with van der Waals surface area (Å²) in [4.78, 5) is 29.4. The van der Waals surface area contributed by atoms with Gasteiger partial charge in [-0.2, -0.15) is 0 Å². The minimum atomic E-state index is -0.989. The van der Waals surface area contributed by atoms with Crippen LogP contribution in [0, 0.1) is 0 Å². The Hall–Kier alpha value is -3.73. The molecule has 0 spiro atoms. The SMILES string of the molecule is NC(=O)C1=CC=CC(CC(=O)N2CCN(c3ccc(OCc4ccccc4)cc3)CC2)(OCCOCCOCCF)C1. The monoisotopic (exact) mass is 581 g/mol. The van der Waals surface area contributed by atoms with Crippen LogP contribution in [0.3, 0.4) is 0 Å². The van der Waals surface area contributed by atoms with Crippen molar-refractivity contribution in [2.45, 2.75) is 25.0 Å². The lowest BCUT2D eigenvalue weighted by atomic mass is 9.86. The van der Waals surface area contributed by atoms with Gasteiger partial charge in [0.25, 0.3) is 0 Å². The number of alkyl halides is 1. The molecule has 10 heteroatoms. The Balaban J connectivity index is 1.26. The van der Waals surface area contributed by atoms with Crippen molar-refractivity contribution in [2.24, 2.45) is 5.73 Å². The molecule has 1 saturated heterocycles. The van der Waals surface area contributed by atoms with Crippen molar-refractivity contribution in [3.05, 3.63) is 84.0 Å². The smallest absolute Gasteiger partial charge is 0.244 e. The van der Waals surface area contributed by atoms with E-state index in [1.54, 1.807) is 12.2 Å². The lowest BCUT2D eigenvalue weighted by molar-refractivity contribution is -0.138. The van der Waals surface area contributed by atoms with Gasteiger partial charge in [0.15, 0.2) is 0 Å². The van der Waals surface area contributed by atoms with Crippen LogP contribution in [0.25, 0.3) is 0 Å². The first kappa shape index (κ1) is 31.2. The van der Waals surface area contributed by atoms with Crippen molar-refractivity contribution in [1.82, 2.24) is 4.90 Å². The zero-order valence-electron chi connectivity index (χ0n) is 23.9. The van der Waals surface area contributed by atoms with Crippen LogP contribution in [0.1, 0.15) is 18.4 Å². The number of ether oxygens (including phenoxy) is 4. The van der Waals surface area contributed by atoms with E-state index in [4.69, 9.17) is 24.7 Å². The Kier molecular flexibility index (Phi) is 11.9. The van der Waals surface area contributed by atoms with Crippen molar-refractivity contribution < 1.29 is 32.9 Å². The molecule has 4 rings (SSSR count). The summed E-state index contributed by atoms with van der Waals surface area (Å²) in [7, 11) is 0. The third-order valence-corrected chi connectivity index (χ3v) is 7.25. The van der Waals surface area contributed by atoms with Crippen LogP contribution in [0.2, 0.25) is 0 Å². The summed E-state index contributed by atoms with van der Waals surface area (Å²) in [5, 5.41) is 0.